The van der Waals surface area contributed by atoms with E-state index in [1.54, 1.807) is 13.8 Å². The molecule has 0 unspecified atom stereocenters. The van der Waals surface area contributed by atoms with Crippen LogP contribution in [0.2, 0.25) is 0 Å². The van der Waals surface area contributed by atoms with Crippen molar-refractivity contribution < 1.29 is 22.7 Å². The maximum Gasteiger partial charge on any atom is 0.410 e. The van der Waals surface area contributed by atoms with Gasteiger partial charge in [-0.1, -0.05) is 0 Å². The normalized spacial score (nSPS) is 19.0. The van der Waals surface area contributed by atoms with Gasteiger partial charge < -0.3 is 9.64 Å². The first-order valence-corrected chi connectivity index (χ1v) is 5.33. The first-order chi connectivity index (χ1) is 7.30. The molecule has 0 saturated carbocycles. The Morgan fingerprint density at radius 3 is 2.19 bits per heavy atom. The largest absolute Gasteiger partial charge is 0.447 e. The molecule has 1 aliphatic heterocycles. The van der Waals surface area contributed by atoms with E-state index in [1.165, 1.54) is 4.90 Å². The maximum absolute atomic E-state index is 12.3. The van der Waals surface area contributed by atoms with Crippen LogP contribution < -0.4 is 0 Å². The SMILES string of the molecule is CC(C)OC(=O)N1CCC(C(F)(F)F)CC1. The lowest BCUT2D eigenvalue weighted by molar-refractivity contribution is -0.184. The second-order valence-electron chi connectivity index (χ2n) is 4.24. The lowest BCUT2D eigenvalue weighted by Crippen LogP contribution is -2.42. The Morgan fingerprint density at radius 2 is 1.81 bits per heavy atom. The van der Waals surface area contributed by atoms with Crippen LogP contribution in [0.25, 0.3) is 0 Å². The molecule has 0 radical (unpaired) electrons. The fourth-order valence-corrected chi connectivity index (χ4v) is 1.67. The van der Waals surface area contributed by atoms with Crippen molar-refractivity contribution in [1.82, 2.24) is 4.90 Å². The van der Waals surface area contributed by atoms with Gasteiger partial charge in [-0.05, 0) is 26.7 Å². The Kier molecular flexibility index (Phi) is 4.04. The molecular weight excluding hydrogens is 223 g/mol. The topological polar surface area (TPSA) is 29.5 Å². The number of nitrogens with zero attached hydrogens (tertiary/aromatic N) is 1. The smallest absolute Gasteiger partial charge is 0.410 e. The zero-order chi connectivity index (χ0) is 12.3. The van der Waals surface area contributed by atoms with E-state index in [9.17, 15) is 18.0 Å². The standard InChI is InChI=1S/C10H16F3NO2/c1-7(2)16-9(15)14-5-3-8(4-6-14)10(11,12)13/h7-8H,3-6H2,1-2H3. The van der Waals surface area contributed by atoms with Gasteiger partial charge in [0.05, 0.1) is 12.0 Å². The maximum atomic E-state index is 12.3. The summed E-state index contributed by atoms with van der Waals surface area (Å²) in [5.74, 6) is -1.28. The third-order valence-electron chi connectivity index (χ3n) is 2.55. The molecule has 0 bridgehead atoms. The minimum Gasteiger partial charge on any atom is -0.447 e. The number of likely N-dealkylation sites (tertiary alicyclic amines) is 1. The van der Waals surface area contributed by atoms with E-state index in [-0.39, 0.29) is 32.0 Å². The van der Waals surface area contributed by atoms with E-state index in [1.807, 2.05) is 0 Å². The van der Waals surface area contributed by atoms with E-state index in [2.05, 4.69) is 0 Å². The molecular formula is C10H16F3NO2. The summed E-state index contributed by atoms with van der Waals surface area (Å²) in [5, 5.41) is 0. The van der Waals surface area contributed by atoms with Gasteiger partial charge in [-0.3, -0.25) is 0 Å². The van der Waals surface area contributed by atoms with Crippen LogP contribution in [-0.4, -0.2) is 36.4 Å². The van der Waals surface area contributed by atoms with Gasteiger partial charge in [0.1, 0.15) is 0 Å². The summed E-state index contributed by atoms with van der Waals surface area (Å²) >= 11 is 0. The van der Waals surface area contributed by atoms with Crippen LogP contribution in [0.3, 0.4) is 0 Å². The molecule has 0 N–H and O–H groups in total. The summed E-state index contributed by atoms with van der Waals surface area (Å²) < 4.78 is 42.0. The number of halogens is 3. The second kappa shape index (κ2) is 4.93. The van der Waals surface area contributed by atoms with Crippen LogP contribution >= 0.6 is 0 Å². The third kappa shape index (κ3) is 3.57. The number of hydrogen-bond donors (Lipinski definition) is 0. The molecule has 0 aromatic heterocycles. The third-order valence-corrected chi connectivity index (χ3v) is 2.55. The van der Waals surface area contributed by atoms with Crippen LogP contribution in [0, 0.1) is 5.92 Å². The summed E-state index contributed by atoms with van der Waals surface area (Å²) in [6, 6.07) is 0. The van der Waals surface area contributed by atoms with Crippen molar-refractivity contribution in [3.8, 4) is 0 Å². The predicted molar refractivity (Wildman–Crippen MR) is 52.0 cm³/mol. The number of alkyl halides is 3. The molecule has 0 atom stereocenters. The van der Waals surface area contributed by atoms with Crippen LogP contribution in [0.1, 0.15) is 26.7 Å². The van der Waals surface area contributed by atoms with Gasteiger partial charge in [0, 0.05) is 13.1 Å². The Bertz CT molecular complexity index is 245. The second-order valence-corrected chi connectivity index (χ2v) is 4.24. The van der Waals surface area contributed by atoms with Crippen molar-refractivity contribution in [2.75, 3.05) is 13.1 Å². The number of hydrogen-bond acceptors (Lipinski definition) is 2. The van der Waals surface area contributed by atoms with Crippen LogP contribution in [0.5, 0.6) is 0 Å². The highest BCUT2D eigenvalue weighted by atomic mass is 19.4. The number of carbonyl (C=O) groups is 1. The van der Waals surface area contributed by atoms with E-state index in [0.717, 1.165) is 0 Å². The Morgan fingerprint density at radius 1 is 1.31 bits per heavy atom. The Labute approximate surface area is 92.5 Å². The highest BCUT2D eigenvalue weighted by Crippen LogP contribution is 2.34. The van der Waals surface area contributed by atoms with E-state index >= 15 is 0 Å². The fourth-order valence-electron chi connectivity index (χ4n) is 1.67. The number of rotatable bonds is 1. The van der Waals surface area contributed by atoms with Crippen molar-refractivity contribution in [3.05, 3.63) is 0 Å². The highest BCUT2D eigenvalue weighted by Gasteiger charge is 2.41. The lowest BCUT2D eigenvalue weighted by atomic mass is 9.97. The molecule has 0 aromatic rings. The molecule has 0 aromatic carbocycles. The van der Waals surface area contributed by atoms with Crippen molar-refractivity contribution >= 4 is 6.09 Å². The first kappa shape index (κ1) is 13.1. The van der Waals surface area contributed by atoms with Gasteiger partial charge in [-0.25, -0.2) is 4.79 Å². The molecule has 1 aliphatic rings. The number of amides is 1. The van der Waals surface area contributed by atoms with Crippen molar-refractivity contribution in [2.45, 2.75) is 39.0 Å². The zero-order valence-electron chi connectivity index (χ0n) is 9.38. The average Bonchev–Trinajstić information content (AvgIpc) is 2.15. The quantitative estimate of drug-likeness (QED) is 0.704. The van der Waals surface area contributed by atoms with Crippen molar-refractivity contribution in [1.29, 1.82) is 0 Å². The molecule has 1 amide bonds. The molecule has 1 fully saturated rings. The van der Waals surface area contributed by atoms with Crippen LogP contribution in [-0.2, 0) is 4.74 Å². The fraction of sp³-hybridized carbons (Fsp3) is 0.900. The number of carbonyl (C=O) groups excluding carboxylic acids is 1. The molecule has 1 heterocycles. The molecule has 0 spiro atoms. The predicted octanol–water partition coefficient (Wildman–Crippen LogP) is 2.81. The molecule has 1 rings (SSSR count). The van der Waals surface area contributed by atoms with E-state index < -0.39 is 18.2 Å². The molecule has 1 saturated heterocycles. The minimum absolute atomic E-state index is 0.0311. The highest BCUT2D eigenvalue weighted by molar-refractivity contribution is 5.67. The van der Waals surface area contributed by atoms with E-state index in [4.69, 9.17) is 4.74 Å². The molecule has 16 heavy (non-hydrogen) atoms. The van der Waals surface area contributed by atoms with Gasteiger partial charge in [0.2, 0.25) is 0 Å². The molecule has 0 aliphatic carbocycles. The molecule has 94 valence electrons. The summed E-state index contributed by atoms with van der Waals surface area (Å²) in [6.45, 7) is 3.66. The van der Waals surface area contributed by atoms with Gasteiger partial charge in [-0.15, -0.1) is 0 Å². The van der Waals surface area contributed by atoms with Crippen LogP contribution in [0.15, 0.2) is 0 Å². The summed E-state index contributed by atoms with van der Waals surface area (Å²) in [7, 11) is 0. The summed E-state index contributed by atoms with van der Waals surface area (Å²) in [4.78, 5) is 12.7. The molecule has 6 heteroatoms. The van der Waals surface area contributed by atoms with Crippen molar-refractivity contribution in [2.24, 2.45) is 5.92 Å². The van der Waals surface area contributed by atoms with Gasteiger partial charge in [0.15, 0.2) is 0 Å². The number of piperidine rings is 1. The van der Waals surface area contributed by atoms with Gasteiger partial charge in [0.25, 0.3) is 0 Å². The Balaban J connectivity index is 2.40. The minimum atomic E-state index is -4.14. The zero-order valence-corrected chi connectivity index (χ0v) is 9.38. The van der Waals surface area contributed by atoms with Gasteiger partial charge >= 0.3 is 12.3 Å². The lowest BCUT2D eigenvalue weighted by Gasteiger charge is -2.32. The molecule has 3 nitrogen and oxygen atoms in total. The van der Waals surface area contributed by atoms with Gasteiger partial charge in [-0.2, -0.15) is 13.2 Å². The summed E-state index contributed by atoms with van der Waals surface area (Å²) in [5.41, 5.74) is 0. The Hall–Kier alpha value is -0.940. The first-order valence-electron chi connectivity index (χ1n) is 5.33. The van der Waals surface area contributed by atoms with Crippen molar-refractivity contribution in [3.63, 3.8) is 0 Å². The monoisotopic (exact) mass is 239 g/mol. The van der Waals surface area contributed by atoms with E-state index in [0.29, 0.717) is 0 Å². The number of ether oxygens (including phenoxy) is 1. The summed E-state index contributed by atoms with van der Waals surface area (Å²) in [6.07, 6.45) is -4.97. The van der Waals surface area contributed by atoms with Crippen LogP contribution in [0.4, 0.5) is 18.0 Å². The average molecular weight is 239 g/mol.